The third-order valence-electron chi connectivity index (χ3n) is 7.21. The lowest BCUT2D eigenvalue weighted by molar-refractivity contribution is -0.120. The van der Waals surface area contributed by atoms with Crippen LogP contribution in [0, 0.1) is 16.7 Å². The van der Waals surface area contributed by atoms with Crippen molar-refractivity contribution in [3.8, 4) is 11.9 Å². The van der Waals surface area contributed by atoms with Crippen LogP contribution in [0.1, 0.15) is 69.2 Å². The number of nitriles is 1. The fraction of sp³-hybridized carbons (Fsp3) is 0.536. The number of carbonyl (C=O) groups is 1. The quantitative estimate of drug-likeness (QED) is 0.465. The second kappa shape index (κ2) is 10.8. The molecule has 2 heterocycles. The van der Waals surface area contributed by atoms with Crippen molar-refractivity contribution in [2.75, 3.05) is 6.54 Å². The number of benzene rings is 1. The molecule has 1 aromatic heterocycles. The van der Waals surface area contributed by atoms with Crippen molar-refractivity contribution in [2.45, 2.75) is 83.1 Å². The van der Waals surface area contributed by atoms with E-state index in [1.807, 2.05) is 38.1 Å². The monoisotopic (exact) mass is 510 g/mol. The number of amides is 1. The zero-order chi connectivity index (χ0) is 25.9. The van der Waals surface area contributed by atoms with Gasteiger partial charge in [-0.05, 0) is 75.3 Å². The number of aliphatic hydroxyl groups excluding tert-OH is 1. The SMILES string of the molecule is CC(=O)N[C@@H](Cc1ccc(Cl)cc1)[C@@H](O)CN[C@H]1CC2(CCC2)Oc2ncc(CC(C)(C)C#N)cc21. The Morgan fingerprint density at radius 2 is 2.06 bits per heavy atom. The van der Waals surface area contributed by atoms with E-state index >= 15 is 0 Å². The summed E-state index contributed by atoms with van der Waals surface area (Å²) in [5.41, 5.74) is 2.22. The lowest BCUT2D eigenvalue weighted by atomic mass is 9.73. The van der Waals surface area contributed by atoms with Crippen LogP contribution in [-0.4, -0.2) is 40.3 Å². The summed E-state index contributed by atoms with van der Waals surface area (Å²) < 4.78 is 6.35. The Bertz CT molecular complexity index is 1120. The zero-order valence-corrected chi connectivity index (χ0v) is 21.9. The molecular formula is C28H35ClN4O3. The maximum absolute atomic E-state index is 11.9. The van der Waals surface area contributed by atoms with Gasteiger partial charge in [-0.1, -0.05) is 23.7 Å². The van der Waals surface area contributed by atoms with E-state index in [2.05, 4.69) is 27.8 Å². The van der Waals surface area contributed by atoms with E-state index in [-0.39, 0.29) is 17.6 Å². The molecule has 1 spiro atoms. The predicted molar refractivity (Wildman–Crippen MR) is 139 cm³/mol. The van der Waals surface area contributed by atoms with Gasteiger partial charge in [0.1, 0.15) is 5.60 Å². The average molecular weight is 511 g/mol. The summed E-state index contributed by atoms with van der Waals surface area (Å²) in [7, 11) is 0. The largest absolute Gasteiger partial charge is 0.471 e. The summed E-state index contributed by atoms with van der Waals surface area (Å²) in [5, 5.41) is 27.7. The van der Waals surface area contributed by atoms with Crippen molar-refractivity contribution in [3.05, 3.63) is 58.2 Å². The highest BCUT2D eigenvalue weighted by Gasteiger charge is 2.46. The molecule has 2 aliphatic rings. The number of carbonyl (C=O) groups excluding carboxylic acids is 1. The zero-order valence-electron chi connectivity index (χ0n) is 21.2. The van der Waals surface area contributed by atoms with Gasteiger partial charge in [0.15, 0.2) is 0 Å². The summed E-state index contributed by atoms with van der Waals surface area (Å²) >= 11 is 6.01. The first-order chi connectivity index (χ1) is 17.1. The molecule has 1 aliphatic carbocycles. The maximum Gasteiger partial charge on any atom is 0.218 e. The second-order valence-corrected chi connectivity index (χ2v) is 11.4. The van der Waals surface area contributed by atoms with E-state index in [1.54, 1.807) is 6.20 Å². The molecule has 1 fully saturated rings. The van der Waals surface area contributed by atoms with Crippen LogP contribution in [-0.2, 0) is 17.6 Å². The van der Waals surface area contributed by atoms with Crippen LogP contribution >= 0.6 is 11.6 Å². The number of nitrogens with zero attached hydrogens (tertiary/aromatic N) is 2. The molecule has 8 heteroatoms. The molecule has 192 valence electrons. The van der Waals surface area contributed by atoms with E-state index in [9.17, 15) is 15.2 Å². The van der Waals surface area contributed by atoms with Crippen LogP contribution in [0.3, 0.4) is 0 Å². The fourth-order valence-corrected chi connectivity index (χ4v) is 5.23. The van der Waals surface area contributed by atoms with Gasteiger partial charge in [0, 0.05) is 42.7 Å². The van der Waals surface area contributed by atoms with E-state index in [1.165, 1.54) is 6.92 Å². The Morgan fingerprint density at radius 1 is 1.33 bits per heavy atom. The number of hydrogen-bond donors (Lipinski definition) is 3. The van der Waals surface area contributed by atoms with Crippen molar-refractivity contribution >= 4 is 17.5 Å². The summed E-state index contributed by atoms with van der Waals surface area (Å²) in [6.07, 6.45) is 5.99. The van der Waals surface area contributed by atoms with Crippen molar-refractivity contribution in [1.29, 1.82) is 5.26 Å². The minimum Gasteiger partial charge on any atom is -0.471 e. The number of nitrogens with one attached hydrogen (secondary N) is 2. The summed E-state index contributed by atoms with van der Waals surface area (Å²) in [4.78, 5) is 16.5. The normalized spacial score (nSPS) is 19.8. The number of fused-ring (bicyclic) bond motifs is 1. The molecule has 1 saturated carbocycles. The number of rotatable bonds is 9. The van der Waals surface area contributed by atoms with Gasteiger partial charge in [0.25, 0.3) is 0 Å². The highest BCUT2D eigenvalue weighted by molar-refractivity contribution is 6.30. The Hall–Kier alpha value is -2.66. The Balaban J connectivity index is 1.50. The number of pyridine rings is 1. The highest BCUT2D eigenvalue weighted by atomic mass is 35.5. The number of ether oxygens (including phenoxy) is 1. The van der Waals surface area contributed by atoms with Gasteiger partial charge >= 0.3 is 0 Å². The molecule has 4 rings (SSSR count). The van der Waals surface area contributed by atoms with E-state index in [0.717, 1.165) is 42.4 Å². The standard InChI is InChI=1S/C28H35ClN4O3/c1-18(34)33-23(12-19-5-7-21(29)8-6-19)25(35)16-31-24-14-28(9-4-10-28)36-26-22(24)11-20(15-32-26)13-27(2,3)17-30/h5-8,11,15,23-25,31,35H,4,9-10,12-14,16H2,1-3H3,(H,33,34)/t23-,24-,25-/m0/s1. The molecule has 1 amide bonds. The summed E-state index contributed by atoms with van der Waals surface area (Å²) in [6.45, 7) is 5.59. The van der Waals surface area contributed by atoms with Crippen LogP contribution in [0.4, 0.5) is 0 Å². The maximum atomic E-state index is 11.9. The lowest BCUT2D eigenvalue weighted by Crippen LogP contribution is -2.52. The molecule has 3 N–H and O–H groups in total. The van der Waals surface area contributed by atoms with Gasteiger partial charge in [-0.25, -0.2) is 4.98 Å². The number of aliphatic hydroxyl groups is 1. The van der Waals surface area contributed by atoms with Crippen molar-refractivity contribution < 1.29 is 14.6 Å². The molecular weight excluding hydrogens is 476 g/mol. The Labute approximate surface area is 218 Å². The van der Waals surface area contributed by atoms with E-state index in [0.29, 0.717) is 30.3 Å². The van der Waals surface area contributed by atoms with Crippen molar-refractivity contribution in [3.63, 3.8) is 0 Å². The minimum atomic E-state index is -0.804. The van der Waals surface area contributed by atoms with Gasteiger partial charge in [-0.15, -0.1) is 0 Å². The molecule has 2 aromatic rings. The van der Waals surface area contributed by atoms with Crippen LogP contribution in [0.15, 0.2) is 36.5 Å². The van der Waals surface area contributed by atoms with E-state index < -0.39 is 17.6 Å². The van der Waals surface area contributed by atoms with Crippen LogP contribution in [0.2, 0.25) is 5.02 Å². The molecule has 3 atom stereocenters. The van der Waals surface area contributed by atoms with Gasteiger partial charge in [-0.2, -0.15) is 5.26 Å². The van der Waals surface area contributed by atoms with Gasteiger partial charge in [-0.3, -0.25) is 4.79 Å². The van der Waals surface area contributed by atoms with Gasteiger partial charge in [0.2, 0.25) is 11.8 Å². The summed E-state index contributed by atoms with van der Waals surface area (Å²) in [6, 6.07) is 11.4. The third-order valence-corrected chi connectivity index (χ3v) is 7.46. The first kappa shape index (κ1) is 26.4. The summed E-state index contributed by atoms with van der Waals surface area (Å²) in [5.74, 6) is 0.442. The molecule has 0 bridgehead atoms. The molecule has 0 unspecified atom stereocenters. The first-order valence-electron chi connectivity index (χ1n) is 12.6. The number of halogens is 1. The molecule has 1 aromatic carbocycles. The number of hydrogen-bond acceptors (Lipinski definition) is 6. The Kier molecular flexibility index (Phi) is 7.89. The highest BCUT2D eigenvalue weighted by Crippen LogP contribution is 2.48. The average Bonchev–Trinajstić information content (AvgIpc) is 2.81. The predicted octanol–water partition coefficient (Wildman–Crippen LogP) is 4.27. The molecule has 36 heavy (non-hydrogen) atoms. The molecule has 7 nitrogen and oxygen atoms in total. The van der Waals surface area contributed by atoms with E-state index in [4.69, 9.17) is 16.3 Å². The fourth-order valence-electron chi connectivity index (χ4n) is 5.11. The van der Waals surface area contributed by atoms with Crippen LogP contribution in [0.5, 0.6) is 5.88 Å². The first-order valence-corrected chi connectivity index (χ1v) is 13.0. The topological polar surface area (TPSA) is 107 Å². The Morgan fingerprint density at radius 3 is 2.67 bits per heavy atom. The van der Waals surface area contributed by atoms with Gasteiger partial charge in [0.05, 0.1) is 23.6 Å². The second-order valence-electron chi connectivity index (χ2n) is 10.9. The smallest absolute Gasteiger partial charge is 0.218 e. The lowest BCUT2D eigenvalue weighted by Gasteiger charge is -2.47. The minimum absolute atomic E-state index is 0.0464. The third kappa shape index (κ3) is 6.36. The number of aromatic nitrogens is 1. The van der Waals surface area contributed by atoms with Crippen LogP contribution in [0.25, 0.3) is 0 Å². The van der Waals surface area contributed by atoms with Crippen molar-refractivity contribution in [1.82, 2.24) is 15.6 Å². The molecule has 0 saturated heterocycles. The molecule has 0 radical (unpaired) electrons. The van der Waals surface area contributed by atoms with Crippen LogP contribution < -0.4 is 15.4 Å². The van der Waals surface area contributed by atoms with Crippen molar-refractivity contribution in [2.24, 2.45) is 5.41 Å². The molecule has 1 aliphatic heterocycles. The van der Waals surface area contributed by atoms with Gasteiger partial charge < -0.3 is 20.5 Å².